The van der Waals surface area contributed by atoms with E-state index in [1.807, 2.05) is 30.3 Å². The quantitative estimate of drug-likeness (QED) is 0.323. The van der Waals surface area contributed by atoms with Crippen molar-refractivity contribution in [2.24, 2.45) is 46.3 Å². The number of hydrogen-bond acceptors (Lipinski definition) is 3. The van der Waals surface area contributed by atoms with Crippen LogP contribution in [-0.4, -0.2) is 25.4 Å². The van der Waals surface area contributed by atoms with Gasteiger partial charge in [-0.2, -0.15) is 0 Å². The molecule has 1 unspecified atom stereocenters. The summed E-state index contributed by atoms with van der Waals surface area (Å²) in [7, 11) is -3.07. The molecule has 0 saturated heterocycles. The lowest BCUT2D eigenvalue weighted by Crippen LogP contribution is -2.50. The van der Waals surface area contributed by atoms with E-state index < -0.39 is 9.84 Å². The minimum absolute atomic E-state index is 0.122. The van der Waals surface area contributed by atoms with E-state index in [9.17, 15) is 13.5 Å². The zero-order valence-corrected chi connectivity index (χ0v) is 25.2. The number of hydrogen-bond donors (Lipinski definition) is 1. The first-order valence-corrected chi connectivity index (χ1v) is 17.5. The molecule has 0 heterocycles. The minimum Gasteiger partial charge on any atom is -0.393 e. The van der Waals surface area contributed by atoms with Gasteiger partial charge in [-0.05, 0) is 110 Å². The molecule has 0 spiro atoms. The Morgan fingerprint density at radius 1 is 0.974 bits per heavy atom. The van der Waals surface area contributed by atoms with Gasteiger partial charge in [-0.3, -0.25) is 0 Å². The van der Waals surface area contributed by atoms with Crippen LogP contribution in [0, 0.1) is 46.3 Å². The first kappa shape index (κ1) is 28.4. The summed E-state index contributed by atoms with van der Waals surface area (Å²) < 4.78 is 25.5. The molecule has 3 nitrogen and oxygen atoms in total. The molecule has 0 bridgehead atoms. The first-order chi connectivity index (χ1) is 18.0. The molecule has 1 aromatic rings. The van der Waals surface area contributed by atoms with Gasteiger partial charge < -0.3 is 5.11 Å². The average molecular weight is 541 g/mol. The molecule has 0 aromatic heterocycles. The van der Waals surface area contributed by atoms with Crippen LogP contribution in [0.4, 0.5) is 0 Å². The molecule has 3 fully saturated rings. The van der Waals surface area contributed by atoms with Crippen LogP contribution in [0.15, 0.2) is 42.0 Å². The lowest BCUT2D eigenvalue weighted by molar-refractivity contribution is -0.0573. The summed E-state index contributed by atoms with van der Waals surface area (Å²) in [5, 5.41) is 10.3. The van der Waals surface area contributed by atoms with E-state index in [2.05, 4.69) is 33.8 Å². The van der Waals surface area contributed by atoms with Gasteiger partial charge >= 0.3 is 0 Å². The highest BCUT2D eigenvalue weighted by Crippen LogP contribution is 2.67. The van der Waals surface area contributed by atoms with E-state index in [4.69, 9.17) is 0 Å². The van der Waals surface area contributed by atoms with Crippen LogP contribution in [0.1, 0.15) is 104 Å². The molecular weight excluding hydrogens is 488 g/mol. The Hall–Kier alpha value is -1.13. The van der Waals surface area contributed by atoms with Crippen LogP contribution in [0.5, 0.6) is 0 Å². The van der Waals surface area contributed by atoms with Crippen molar-refractivity contribution in [3.05, 3.63) is 47.5 Å². The van der Waals surface area contributed by atoms with Crippen LogP contribution in [0.3, 0.4) is 0 Å². The van der Waals surface area contributed by atoms with Gasteiger partial charge in [-0.1, -0.05) is 82.5 Å². The number of aliphatic hydroxyl groups excluding tert-OH is 1. The molecule has 0 amide bonds. The summed E-state index contributed by atoms with van der Waals surface area (Å²) in [6.07, 6.45) is 15.6. The van der Waals surface area contributed by atoms with Gasteiger partial charge in [0.25, 0.3) is 0 Å². The van der Waals surface area contributed by atoms with E-state index in [-0.39, 0.29) is 17.8 Å². The lowest BCUT2D eigenvalue weighted by Gasteiger charge is -2.58. The van der Waals surface area contributed by atoms with E-state index in [1.54, 1.807) is 5.57 Å². The van der Waals surface area contributed by atoms with Gasteiger partial charge in [0, 0.05) is 0 Å². The number of sulfone groups is 1. The molecule has 212 valence electrons. The molecule has 1 aromatic carbocycles. The Bertz CT molecular complexity index is 1090. The maximum absolute atomic E-state index is 12.7. The Kier molecular flexibility index (Phi) is 8.25. The zero-order valence-electron chi connectivity index (χ0n) is 24.4. The van der Waals surface area contributed by atoms with E-state index >= 15 is 0 Å². The summed E-state index contributed by atoms with van der Waals surface area (Å²) >= 11 is 0. The predicted octanol–water partition coefficient (Wildman–Crippen LogP) is 7.98. The van der Waals surface area contributed by atoms with E-state index in [1.165, 1.54) is 44.9 Å². The van der Waals surface area contributed by atoms with Crippen molar-refractivity contribution in [2.45, 2.75) is 110 Å². The van der Waals surface area contributed by atoms with Crippen molar-refractivity contribution in [2.75, 3.05) is 5.75 Å². The van der Waals surface area contributed by atoms with Crippen LogP contribution in [0.2, 0.25) is 0 Å². The van der Waals surface area contributed by atoms with Gasteiger partial charge in [0.2, 0.25) is 0 Å². The van der Waals surface area contributed by atoms with Crippen LogP contribution in [0.25, 0.3) is 0 Å². The number of allylic oxidation sites excluding steroid dienone is 1. The Balaban J connectivity index is 1.14. The summed E-state index contributed by atoms with van der Waals surface area (Å²) in [5.74, 6) is 4.67. The highest BCUT2D eigenvalue weighted by Gasteiger charge is 2.59. The molecule has 1 N–H and O–H groups in total. The Morgan fingerprint density at radius 3 is 2.50 bits per heavy atom. The first-order valence-electron chi connectivity index (χ1n) is 15.6. The predicted molar refractivity (Wildman–Crippen MR) is 157 cm³/mol. The Morgan fingerprint density at radius 2 is 1.74 bits per heavy atom. The molecule has 38 heavy (non-hydrogen) atoms. The van der Waals surface area contributed by atoms with Crippen molar-refractivity contribution in [1.82, 2.24) is 0 Å². The summed E-state index contributed by atoms with van der Waals surface area (Å²) in [6, 6.07) is 9.59. The maximum Gasteiger partial charge on any atom is 0.154 e. The fourth-order valence-corrected chi connectivity index (χ4v) is 11.9. The third kappa shape index (κ3) is 5.55. The number of fused-ring (bicyclic) bond motifs is 5. The van der Waals surface area contributed by atoms with Gasteiger partial charge in [-0.25, -0.2) is 8.42 Å². The highest BCUT2D eigenvalue weighted by atomic mass is 32.2. The Labute approximate surface area is 232 Å². The van der Waals surface area contributed by atoms with Gasteiger partial charge in [0.15, 0.2) is 9.84 Å². The second-order valence-electron chi connectivity index (χ2n) is 14.4. The molecular formula is C34H52O3S. The lowest BCUT2D eigenvalue weighted by atomic mass is 9.47. The molecule has 9 atom stereocenters. The summed E-state index contributed by atoms with van der Waals surface area (Å²) in [5.41, 5.74) is 3.25. The minimum atomic E-state index is -3.07. The molecule has 3 saturated carbocycles. The third-order valence-corrected chi connectivity index (χ3v) is 13.8. The summed E-state index contributed by atoms with van der Waals surface area (Å²) in [6.45, 7) is 9.77. The SMILES string of the molecule is CC(CCC[C@@H](C)[C@H]1CC[C@H]2[C@@H]3CC=C4C[C@@H](O)CC[C@]4(C)[C@H]3CC[C@]12C)CS(=O)(=O)Cc1ccccc1. The molecule has 0 radical (unpaired) electrons. The maximum atomic E-state index is 12.7. The zero-order chi connectivity index (χ0) is 27.1. The smallest absolute Gasteiger partial charge is 0.154 e. The van der Waals surface area contributed by atoms with Crippen molar-refractivity contribution in [3.63, 3.8) is 0 Å². The standard InChI is InChI=1S/C34H52O3S/c1-24(22-38(36,37)23-26-11-6-5-7-12-26)9-8-10-25(2)30-15-16-31-29-14-13-27-21-28(35)17-19-33(27,3)32(29)18-20-34(30,31)4/h5-7,11-13,24-25,28-32,35H,8-10,14-23H2,1-4H3/t24?,25-,28+,29+,30-,31+,32+,33+,34-/m1/s1. The molecule has 0 aliphatic heterocycles. The fourth-order valence-electron chi connectivity index (χ4n) is 10.0. The highest BCUT2D eigenvalue weighted by molar-refractivity contribution is 7.90. The average Bonchev–Trinajstić information content (AvgIpc) is 3.21. The molecule has 5 rings (SSSR count). The van der Waals surface area contributed by atoms with E-state index in [0.717, 1.165) is 54.9 Å². The van der Waals surface area contributed by atoms with E-state index in [0.29, 0.717) is 22.5 Å². The molecule has 4 aliphatic rings. The van der Waals surface area contributed by atoms with Crippen molar-refractivity contribution < 1.29 is 13.5 Å². The van der Waals surface area contributed by atoms with Crippen LogP contribution < -0.4 is 0 Å². The monoisotopic (exact) mass is 540 g/mol. The van der Waals surface area contributed by atoms with Gasteiger partial charge in [0.05, 0.1) is 17.6 Å². The number of benzene rings is 1. The normalized spacial score (nSPS) is 38.4. The topological polar surface area (TPSA) is 54.4 Å². The second-order valence-corrected chi connectivity index (χ2v) is 16.5. The number of rotatable bonds is 9. The second kappa shape index (κ2) is 11.0. The third-order valence-electron chi connectivity index (χ3n) is 12.0. The van der Waals surface area contributed by atoms with Crippen LogP contribution >= 0.6 is 0 Å². The number of aliphatic hydroxyl groups is 1. The van der Waals surface area contributed by atoms with Gasteiger partial charge in [0.1, 0.15) is 0 Å². The van der Waals surface area contributed by atoms with Gasteiger partial charge in [-0.15, -0.1) is 0 Å². The summed E-state index contributed by atoms with van der Waals surface area (Å²) in [4.78, 5) is 0. The molecule has 4 aliphatic carbocycles. The largest absolute Gasteiger partial charge is 0.393 e. The van der Waals surface area contributed by atoms with Crippen molar-refractivity contribution in [1.29, 1.82) is 0 Å². The van der Waals surface area contributed by atoms with Crippen molar-refractivity contribution in [3.8, 4) is 0 Å². The molecule has 4 heteroatoms. The van der Waals surface area contributed by atoms with Crippen molar-refractivity contribution >= 4 is 9.84 Å². The fraction of sp³-hybridized carbons (Fsp3) is 0.765. The van der Waals surface area contributed by atoms with Crippen LogP contribution in [-0.2, 0) is 15.6 Å².